The highest BCUT2D eigenvalue weighted by Crippen LogP contribution is 2.46. The summed E-state index contributed by atoms with van der Waals surface area (Å²) in [5, 5.41) is 4.60. The van der Waals surface area contributed by atoms with Gasteiger partial charge in [-0.1, -0.05) is 19.9 Å². The van der Waals surface area contributed by atoms with Crippen LogP contribution in [0.2, 0.25) is 0 Å². The van der Waals surface area contributed by atoms with Gasteiger partial charge in [-0.15, -0.1) is 0 Å². The standard InChI is InChI=1S/C15H20N4OS/c1-15(2)10(7-11(15)20-3)18-14-12(13(16)19-21-14)9-5-4-6-17-8-9/h4-6,8,10-11,18H,7H2,1-3H3,(H2,16,19). The Kier molecular flexibility index (Phi) is 3.59. The van der Waals surface area contributed by atoms with Gasteiger partial charge in [-0.25, -0.2) is 0 Å². The molecule has 6 heteroatoms. The average molecular weight is 304 g/mol. The summed E-state index contributed by atoms with van der Waals surface area (Å²) in [5.41, 5.74) is 8.07. The molecular formula is C15H20N4OS. The van der Waals surface area contributed by atoms with E-state index in [4.69, 9.17) is 10.5 Å². The highest BCUT2D eigenvalue weighted by Gasteiger charge is 2.48. The summed E-state index contributed by atoms with van der Waals surface area (Å²) in [6.45, 7) is 4.44. The van der Waals surface area contributed by atoms with E-state index in [1.54, 1.807) is 13.3 Å². The van der Waals surface area contributed by atoms with Gasteiger partial charge in [-0.05, 0) is 24.0 Å². The van der Waals surface area contributed by atoms with E-state index in [1.165, 1.54) is 11.5 Å². The lowest BCUT2D eigenvalue weighted by molar-refractivity contribution is -0.0793. The average Bonchev–Trinajstić information content (AvgIpc) is 2.84. The topological polar surface area (TPSA) is 73.1 Å². The number of rotatable bonds is 4. The predicted octanol–water partition coefficient (Wildman–Crippen LogP) is 3.01. The molecular weight excluding hydrogens is 284 g/mol. The zero-order valence-electron chi connectivity index (χ0n) is 12.5. The molecule has 1 aliphatic rings. The number of hydrogen-bond donors (Lipinski definition) is 2. The lowest BCUT2D eigenvalue weighted by atomic mass is 9.64. The molecule has 1 fully saturated rings. The molecule has 0 radical (unpaired) electrons. The summed E-state index contributed by atoms with van der Waals surface area (Å²) in [6, 6.07) is 4.27. The predicted molar refractivity (Wildman–Crippen MR) is 86.4 cm³/mol. The van der Waals surface area contributed by atoms with Crippen LogP contribution in [0.15, 0.2) is 24.5 Å². The number of methoxy groups -OCH3 is 1. The van der Waals surface area contributed by atoms with Crippen LogP contribution in [0.4, 0.5) is 10.8 Å². The van der Waals surface area contributed by atoms with E-state index >= 15 is 0 Å². The summed E-state index contributed by atoms with van der Waals surface area (Å²) in [5.74, 6) is 0.552. The van der Waals surface area contributed by atoms with Crippen molar-refractivity contribution in [3.63, 3.8) is 0 Å². The molecule has 2 unspecified atom stereocenters. The molecule has 1 saturated carbocycles. The fourth-order valence-corrected chi connectivity index (χ4v) is 3.67. The van der Waals surface area contributed by atoms with Crippen molar-refractivity contribution < 1.29 is 4.74 Å². The Morgan fingerprint density at radius 2 is 2.29 bits per heavy atom. The summed E-state index contributed by atoms with van der Waals surface area (Å²) in [4.78, 5) is 4.16. The number of anilines is 2. The van der Waals surface area contributed by atoms with Crippen molar-refractivity contribution in [1.29, 1.82) is 0 Å². The second-order valence-corrected chi connectivity index (χ2v) is 6.77. The van der Waals surface area contributed by atoms with Gasteiger partial charge >= 0.3 is 0 Å². The van der Waals surface area contributed by atoms with Crippen LogP contribution >= 0.6 is 11.5 Å². The van der Waals surface area contributed by atoms with Crippen LogP contribution in [-0.2, 0) is 4.74 Å². The SMILES string of the molecule is COC1CC(Nc2snc(N)c2-c2cccnc2)C1(C)C. The molecule has 3 N–H and O–H groups in total. The minimum Gasteiger partial charge on any atom is -0.382 e. The van der Waals surface area contributed by atoms with Crippen LogP contribution < -0.4 is 11.1 Å². The highest BCUT2D eigenvalue weighted by atomic mass is 32.1. The van der Waals surface area contributed by atoms with E-state index in [-0.39, 0.29) is 5.41 Å². The molecule has 0 bridgehead atoms. The van der Waals surface area contributed by atoms with Crippen molar-refractivity contribution in [1.82, 2.24) is 9.36 Å². The first kappa shape index (κ1) is 14.3. The lowest BCUT2D eigenvalue weighted by Crippen LogP contribution is -2.57. The smallest absolute Gasteiger partial charge is 0.147 e. The van der Waals surface area contributed by atoms with Crippen molar-refractivity contribution in [3.8, 4) is 11.1 Å². The minimum absolute atomic E-state index is 0.0969. The first-order valence-corrected chi connectivity index (χ1v) is 7.76. The van der Waals surface area contributed by atoms with Gasteiger partial charge in [0.05, 0.1) is 11.7 Å². The molecule has 0 aromatic carbocycles. The molecule has 2 heterocycles. The maximum atomic E-state index is 6.04. The van der Waals surface area contributed by atoms with Crippen molar-refractivity contribution in [2.75, 3.05) is 18.2 Å². The van der Waals surface area contributed by atoms with Crippen LogP contribution in [0, 0.1) is 5.41 Å². The number of pyridine rings is 1. The third-order valence-corrected chi connectivity index (χ3v) is 5.23. The quantitative estimate of drug-likeness (QED) is 0.908. The van der Waals surface area contributed by atoms with Gasteiger partial charge in [0, 0.05) is 36.5 Å². The second-order valence-electron chi connectivity index (χ2n) is 5.99. The normalized spacial score (nSPS) is 23.6. The van der Waals surface area contributed by atoms with Crippen molar-refractivity contribution in [3.05, 3.63) is 24.5 Å². The van der Waals surface area contributed by atoms with Crippen LogP contribution in [0.25, 0.3) is 11.1 Å². The molecule has 0 aliphatic heterocycles. The molecule has 2 aromatic rings. The Hall–Kier alpha value is -1.66. The van der Waals surface area contributed by atoms with Gasteiger partial charge in [0.1, 0.15) is 10.8 Å². The summed E-state index contributed by atoms with van der Waals surface area (Å²) < 4.78 is 9.79. The molecule has 112 valence electrons. The maximum Gasteiger partial charge on any atom is 0.147 e. The van der Waals surface area contributed by atoms with E-state index in [1.807, 2.05) is 18.3 Å². The third kappa shape index (κ3) is 2.38. The van der Waals surface area contributed by atoms with Gasteiger partial charge in [-0.3, -0.25) is 4.98 Å². The van der Waals surface area contributed by atoms with Crippen molar-refractivity contribution in [2.24, 2.45) is 5.41 Å². The van der Waals surface area contributed by atoms with E-state index in [2.05, 4.69) is 28.5 Å². The van der Waals surface area contributed by atoms with Crippen LogP contribution in [0.3, 0.4) is 0 Å². The van der Waals surface area contributed by atoms with Gasteiger partial charge in [0.25, 0.3) is 0 Å². The molecule has 21 heavy (non-hydrogen) atoms. The summed E-state index contributed by atoms with van der Waals surface area (Å²) in [6.07, 6.45) is 4.86. The molecule has 2 aromatic heterocycles. The van der Waals surface area contributed by atoms with Crippen LogP contribution in [0.5, 0.6) is 0 Å². The number of aromatic nitrogens is 2. The number of hydrogen-bond acceptors (Lipinski definition) is 6. The Morgan fingerprint density at radius 1 is 1.48 bits per heavy atom. The fourth-order valence-electron chi connectivity index (χ4n) is 2.88. The van der Waals surface area contributed by atoms with Crippen molar-refractivity contribution >= 4 is 22.4 Å². The number of nitrogens with two attached hydrogens (primary N) is 1. The van der Waals surface area contributed by atoms with E-state index in [9.17, 15) is 0 Å². The molecule has 0 saturated heterocycles. The van der Waals surface area contributed by atoms with E-state index < -0.39 is 0 Å². The number of ether oxygens (including phenoxy) is 1. The van der Waals surface area contributed by atoms with E-state index in [0.29, 0.717) is 18.0 Å². The molecule has 5 nitrogen and oxygen atoms in total. The zero-order valence-corrected chi connectivity index (χ0v) is 13.3. The van der Waals surface area contributed by atoms with Gasteiger partial charge in [-0.2, -0.15) is 4.37 Å². The molecule has 0 amide bonds. The van der Waals surface area contributed by atoms with Gasteiger partial charge in [0.2, 0.25) is 0 Å². The lowest BCUT2D eigenvalue weighted by Gasteiger charge is -2.51. The second kappa shape index (κ2) is 5.27. The molecule has 3 rings (SSSR count). The van der Waals surface area contributed by atoms with Gasteiger partial charge in [0.15, 0.2) is 0 Å². The fraction of sp³-hybridized carbons (Fsp3) is 0.467. The van der Waals surface area contributed by atoms with Gasteiger partial charge < -0.3 is 15.8 Å². The number of nitrogen functional groups attached to an aromatic ring is 1. The maximum absolute atomic E-state index is 6.04. The molecule has 0 spiro atoms. The van der Waals surface area contributed by atoms with Crippen LogP contribution in [0.1, 0.15) is 20.3 Å². The first-order chi connectivity index (χ1) is 10.0. The largest absolute Gasteiger partial charge is 0.382 e. The molecule has 1 aliphatic carbocycles. The Morgan fingerprint density at radius 3 is 2.90 bits per heavy atom. The number of nitrogens with one attached hydrogen (secondary N) is 1. The summed E-state index contributed by atoms with van der Waals surface area (Å²) in [7, 11) is 1.77. The summed E-state index contributed by atoms with van der Waals surface area (Å²) >= 11 is 1.40. The van der Waals surface area contributed by atoms with E-state index in [0.717, 1.165) is 22.5 Å². The minimum atomic E-state index is 0.0969. The third-order valence-electron chi connectivity index (χ3n) is 4.44. The van der Waals surface area contributed by atoms with Crippen LogP contribution in [-0.4, -0.2) is 28.6 Å². The monoisotopic (exact) mass is 304 g/mol. The van der Waals surface area contributed by atoms with Crippen molar-refractivity contribution in [2.45, 2.75) is 32.4 Å². The Bertz CT molecular complexity index is 626. The Balaban J connectivity index is 1.85. The molecule has 2 atom stereocenters. The first-order valence-electron chi connectivity index (χ1n) is 6.99. The zero-order chi connectivity index (χ0) is 15.0. The number of nitrogens with zero attached hydrogens (tertiary/aromatic N) is 2. The Labute approximate surface area is 128 Å². The highest BCUT2D eigenvalue weighted by molar-refractivity contribution is 7.11.